The van der Waals surface area contributed by atoms with Crippen LogP contribution in [0.25, 0.3) is 22.1 Å². The van der Waals surface area contributed by atoms with Gasteiger partial charge in [0.15, 0.2) is 0 Å². The zero-order valence-electron chi connectivity index (χ0n) is 19.4. The zero-order chi connectivity index (χ0) is 23.4. The number of aryl methyl sites for hydroxylation is 1. The summed E-state index contributed by atoms with van der Waals surface area (Å²) in [6.07, 6.45) is 9.84. The van der Waals surface area contributed by atoms with Crippen LogP contribution >= 0.6 is 0 Å². The highest BCUT2D eigenvalue weighted by atomic mass is 19.1. The fourth-order valence-electron chi connectivity index (χ4n) is 4.46. The standard InChI is InChI=1S/C26H28F2N4/c1-8-21-17(25(4,5)6)12-16-20(28)14-32(24(16)31-21)26(7,10-3)18-11-15-19(27)13-29-23(15)30-22(18)9-2/h2,11-14H,8,10H2,1,3-7H3,(H,29,30). The summed E-state index contributed by atoms with van der Waals surface area (Å²) in [5, 5.41) is 0.823. The summed E-state index contributed by atoms with van der Waals surface area (Å²) in [6.45, 7) is 12.3. The number of pyridine rings is 2. The highest BCUT2D eigenvalue weighted by Crippen LogP contribution is 2.38. The van der Waals surface area contributed by atoms with E-state index >= 15 is 4.39 Å². The van der Waals surface area contributed by atoms with Crippen LogP contribution in [0.1, 0.15) is 70.5 Å². The van der Waals surface area contributed by atoms with E-state index in [9.17, 15) is 4.39 Å². The molecule has 0 amide bonds. The summed E-state index contributed by atoms with van der Waals surface area (Å²) in [5.41, 5.74) is 3.02. The molecule has 0 radical (unpaired) electrons. The largest absolute Gasteiger partial charge is 0.343 e. The third kappa shape index (κ3) is 3.19. The number of aromatic amines is 1. The Morgan fingerprint density at radius 3 is 2.31 bits per heavy atom. The first-order valence-electron chi connectivity index (χ1n) is 10.9. The van der Waals surface area contributed by atoms with E-state index in [2.05, 4.69) is 43.6 Å². The van der Waals surface area contributed by atoms with Crippen LogP contribution in [0, 0.1) is 24.0 Å². The van der Waals surface area contributed by atoms with Gasteiger partial charge >= 0.3 is 0 Å². The van der Waals surface area contributed by atoms with Crippen LogP contribution in [-0.4, -0.2) is 19.5 Å². The number of nitrogens with zero attached hydrogens (tertiary/aromatic N) is 3. The third-order valence-corrected chi connectivity index (χ3v) is 6.50. The minimum absolute atomic E-state index is 0.160. The molecule has 0 aliphatic rings. The fraction of sp³-hybridized carbons (Fsp3) is 0.385. The van der Waals surface area contributed by atoms with Crippen molar-refractivity contribution in [3.63, 3.8) is 0 Å². The molecule has 0 aliphatic carbocycles. The third-order valence-electron chi connectivity index (χ3n) is 6.50. The van der Waals surface area contributed by atoms with E-state index in [1.165, 1.54) is 12.4 Å². The average molecular weight is 435 g/mol. The Balaban J connectivity index is 2.05. The Labute approximate surface area is 187 Å². The maximum atomic E-state index is 15.3. The lowest BCUT2D eigenvalue weighted by molar-refractivity contribution is 0.383. The number of nitrogens with one attached hydrogen (secondary N) is 1. The normalized spacial score (nSPS) is 14.1. The fourth-order valence-corrected chi connectivity index (χ4v) is 4.46. The molecule has 0 fully saturated rings. The van der Waals surface area contributed by atoms with Gasteiger partial charge in [-0.1, -0.05) is 34.6 Å². The Bertz CT molecular complexity index is 1380. The van der Waals surface area contributed by atoms with Crippen molar-refractivity contribution in [3.05, 3.63) is 58.7 Å². The molecule has 1 unspecified atom stereocenters. The van der Waals surface area contributed by atoms with Gasteiger partial charge in [0.1, 0.15) is 28.6 Å². The molecular weight excluding hydrogens is 406 g/mol. The minimum atomic E-state index is -0.781. The van der Waals surface area contributed by atoms with Gasteiger partial charge in [-0.3, -0.25) is 0 Å². The molecule has 6 heteroatoms. The highest BCUT2D eigenvalue weighted by molar-refractivity contribution is 5.81. The Hall–Kier alpha value is -3.20. The first-order valence-corrected chi connectivity index (χ1v) is 10.9. The first kappa shape index (κ1) is 22.0. The van der Waals surface area contributed by atoms with Gasteiger partial charge in [-0.05, 0) is 48.8 Å². The number of terminal acetylenes is 1. The maximum Gasteiger partial charge on any atom is 0.150 e. The van der Waals surface area contributed by atoms with E-state index in [4.69, 9.17) is 11.4 Å². The van der Waals surface area contributed by atoms with Crippen molar-refractivity contribution in [2.75, 3.05) is 0 Å². The molecule has 4 aromatic rings. The summed E-state index contributed by atoms with van der Waals surface area (Å²) >= 11 is 0. The second kappa shape index (κ2) is 7.44. The Morgan fingerprint density at radius 1 is 1.03 bits per heavy atom. The number of aromatic nitrogens is 4. The lowest BCUT2D eigenvalue weighted by Crippen LogP contribution is -2.32. The van der Waals surface area contributed by atoms with Crippen molar-refractivity contribution in [1.29, 1.82) is 0 Å². The van der Waals surface area contributed by atoms with Gasteiger partial charge in [0.2, 0.25) is 0 Å². The van der Waals surface area contributed by atoms with Crippen LogP contribution in [0.15, 0.2) is 24.5 Å². The molecule has 166 valence electrons. The van der Waals surface area contributed by atoms with E-state index < -0.39 is 11.4 Å². The lowest BCUT2D eigenvalue weighted by atomic mass is 9.84. The molecule has 4 heterocycles. The van der Waals surface area contributed by atoms with Crippen molar-refractivity contribution in [3.8, 4) is 12.3 Å². The summed E-state index contributed by atoms with van der Waals surface area (Å²) in [7, 11) is 0. The predicted molar refractivity (Wildman–Crippen MR) is 125 cm³/mol. The molecule has 32 heavy (non-hydrogen) atoms. The lowest BCUT2D eigenvalue weighted by Gasteiger charge is -2.32. The maximum absolute atomic E-state index is 15.3. The number of H-pyrrole nitrogens is 1. The number of fused-ring (bicyclic) bond motifs is 2. The number of hydrogen-bond donors (Lipinski definition) is 1. The molecule has 0 bridgehead atoms. The van der Waals surface area contributed by atoms with Gasteiger partial charge in [-0.2, -0.15) is 0 Å². The summed E-state index contributed by atoms with van der Waals surface area (Å²) < 4.78 is 31.5. The van der Waals surface area contributed by atoms with Crippen LogP contribution in [-0.2, 0) is 17.4 Å². The summed E-state index contributed by atoms with van der Waals surface area (Å²) in [6, 6.07) is 3.64. The number of halogens is 2. The summed E-state index contributed by atoms with van der Waals surface area (Å²) in [4.78, 5) is 12.2. The molecule has 0 aromatic carbocycles. The predicted octanol–water partition coefficient (Wildman–Crippen LogP) is 6.21. The Morgan fingerprint density at radius 2 is 1.72 bits per heavy atom. The van der Waals surface area contributed by atoms with Gasteiger partial charge < -0.3 is 9.55 Å². The second-order valence-electron chi connectivity index (χ2n) is 9.49. The van der Waals surface area contributed by atoms with Crippen LogP contribution in [0.3, 0.4) is 0 Å². The molecule has 4 aromatic heterocycles. The van der Waals surface area contributed by atoms with Gasteiger partial charge in [0.25, 0.3) is 0 Å². The Kier molecular flexibility index (Phi) is 5.12. The van der Waals surface area contributed by atoms with Crippen molar-refractivity contribution < 1.29 is 8.78 Å². The van der Waals surface area contributed by atoms with Crippen LogP contribution < -0.4 is 0 Å². The van der Waals surface area contributed by atoms with E-state index in [1.54, 1.807) is 6.07 Å². The van der Waals surface area contributed by atoms with Gasteiger partial charge in [0, 0.05) is 23.7 Å². The van der Waals surface area contributed by atoms with E-state index in [0.717, 1.165) is 17.7 Å². The van der Waals surface area contributed by atoms with Gasteiger partial charge in [-0.25, -0.2) is 18.7 Å². The molecule has 4 nitrogen and oxygen atoms in total. The quantitative estimate of drug-likeness (QED) is 0.389. The SMILES string of the molecule is C#Cc1nc2[nH]cc(F)c2cc1C(C)(CC)n1cc(F)c2cc(C(C)(C)C)c(CC)nc21. The molecule has 0 saturated carbocycles. The second-order valence-corrected chi connectivity index (χ2v) is 9.49. The molecule has 4 rings (SSSR count). The van der Waals surface area contributed by atoms with Gasteiger partial charge in [-0.15, -0.1) is 6.42 Å². The minimum Gasteiger partial charge on any atom is -0.343 e. The molecule has 0 spiro atoms. The van der Waals surface area contributed by atoms with E-state index in [1.807, 2.05) is 24.5 Å². The molecule has 1 atom stereocenters. The highest BCUT2D eigenvalue weighted by Gasteiger charge is 2.34. The van der Waals surface area contributed by atoms with Gasteiger partial charge in [0.05, 0.1) is 16.3 Å². The average Bonchev–Trinajstić information content (AvgIpc) is 3.30. The van der Waals surface area contributed by atoms with Crippen LogP contribution in [0.5, 0.6) is 0 Å². The number of rotatable bonds is 4. The summed E-state index contributed by atoms with van der Waals surface area (Å²) in [5.74, 6) is 1.89. The van der Waals surface area contributed by atoms with Crippen LogP contribution in [0.4, 0.5) is 8.78 Å². The van der Waals surface area contributed by atoms with Crippen molar-refractivity contribution in [2.24, 2.45) is 0 Å². The first-order chi connectivity index (χ1) is 15.0. The monoisotopic (exact) mass is 434 g/mol. The van der Waals surface area contributed by atoms with E-state index in [-0.39, 0.29) is 11.2 Å². The number of hydrogen-bond acceptors (Lipinski definition) is 2. The van der Waals surface area contributed by atoms with Crippen LogP contribution in [0.2, 0.25) is 0 Å². The molecular formula is C26H28F2N4. The topological polar surface area (TPSA) is 46.5 Å². The molecule has 0 saturated heterocycles. The van der Waals surface area contributed by atoms with E-state index in [0.29, 0.717) is 39.7 Å². The smallest absolute Gasteiger partial charge is 0.150 e. The molecule has 0 aliphatic heterocycles. The van der Waals surface area contributed by atoms with Crippen molar-refractivity contribution in [2.45, 2.75) is 65.3 Å². The molecule has 1 N–H and O–H groups in total. The zero-order valence-corrected chi connectivity index (χ0v) is 19.4. The van der Waals surface area contributed by atoms with Crippen molar-refractivity contribution in [1.82, 2.24) is 19.5 Å². The van der Waals surface area contributed by atoms with Crippen molar-refractivity contribution >= 4 is 22.1 Å².